The van der Waals surface area contributed by atoms with E-state index >= 15 is 0 Å². The Morgan fingerprint density at radius 2 is 1.93 bits per heavy atom. The summed E-state index contributed by atoms with van der Waals surface area (Å²) < 4.78 is 5.76. The van der Waals surface area contributed by atoms with E-state index in [1.54, 1.807) is 24.4 Å². The third-order valence-corrected chi connectivity index (χ3v) is 6.44. The van der Waals surface area contributed by atoms with Crippen molar-refractivity contribution in [3.8, 4) is 16.9 Å². The summed E-state index contributed by atoms with van der Waals surface area (Å²) in [5, 5.41) is 8.28. The Morgan fingerprint density at radius 3 is 2.52 bits per heavy atom. The van der Waals surface area contributed by atoms with Gasteiger partial charge in [0.15, 0.2) is 0 Å². The van der Waals surface area contributed by atoms with Gasteiger partial charge in [-0.15, -0.1) is 0 Å². The molecule has 0 bridgehead atoms. The summed E-state index contributed by atoms with van der Waals surface area (Å²) in [5.74, 6) is -0.214. The highest BCUT2D eigenvalue weighted by molar-refractivity contribution is 5.94. The molecular weight excluding hydrogens is 534 g/mol. The fourth-order valence-electron chi connectivity index (χ4n) is 3.97. The number of aromatic nitrogens is 1. The molecule has 12 heteroatoms. The lowest BCUT2D eigenvalue weighted by Gasteiger charge is -2.21. The number of nitrogens with two attached hydrogens (primary N) is 4. The molecule has 42 heavy (non-hydrogen) atoms. The zero-order valence-electron chi connectivity index (χ0n) is 24.1. The van der Waals surface area contributed by atoms with Crippen LogP contribution < -0.4 is 43.6 Å². The van der Waals surface area contributed by atoms with Gasteiger partial charge in [0.05, 0.1) is 36.4 Å². The minimum Gasteiger partial charge on any atom is -0.494 e. The summed E-state index contributed by atoms with van der Waals surface area (Å²) in [4.78, 5) is 31.1. The molecule has 0 radical (unpaired) electrons. The third kappa shape index (κ3) is 8.07. The van der Waals surface area contributed by atoms with E-state index in [0.29, 0.717) is 35.1 Å². The number of rotatable bonds is 13. The van der Waals surface area contributed by atoms with Crippen molar-refractivity contribution in [3.05, 3.63) is 96.1 Å². The Balaban J connectivity index is 1.89. The van der Waals surface area contributed by atoms with Crippen LogP contribution in [0.1, 0.15) is 18.5 Å². The number of carbonyl (C=O) groups excluding carboxylic acids is 2. The average molecular weight is 574 g/mol. The highest BCUT2D eigenvalue weighted by Gasteiger charge is 2.29. The van der Waals surface area contributed by atoms with Crippen LogP contribution in [-0.4, -0.2) is 49.4 Å². The molecule has 1 fully saturated rings. The first-order chi connectivity index (χ1) is 20.1. The fraction of sp³-hybridized carbons (Fsp3) is 0.233. The Kier molecular flexibility index (Phi) is 10.6. The highest BCUT2D eigenvalue weighted by Crippen LogP contribution is 2.37. The molecule has 0 spiro atoms. The van der Waals surface area contributed by atoms with Crippen LogP contribution in [0.5, 0.6) is 5.75 Å². The van der Waals surface area contributed by atoms with E-state index in [9.17, 15) is 9.59 Å². The number of allylic oxidation sites excluding steroid dienone is 3. The van der Waals surface area contributed by atoms with Gasteiger partial charge in [0.25, 0.3) is 5.91 Å². The molecule has 1 aromatic heterocycles. The topological polar surface area (TPSA) is 200 Å². The van der Waals surface area contributed by atoms with Crippen molar-refractivity contribution in [1.29, 1.82) is 0 Å². The number of hydrogen-bond acceptors (Lipinski definition) is 10. The number of pyridine rings is 1. The van der Waals surface area contributed by atoms with Crippen LogP contribution in [0.15, 0.2) is 90.4 Å². The maximum Gasteiger partial charge on any atom is 0.269 e. The average Bonchev–Trinajstić information content (AvgIpc) is 3.84. The molecular formula is C30H39N9O3. The molecule has 0 atom stereocenters. The number of anilines is 1. The van der Waals surface area contributed by atoms with Gasteiger partial charge in [-0.2, -0.15) is 0 Å². The summed E-state index contributed by atoms with van der Waals surface area (Å²) >= 11 is 0. The summed E-state index contributed by atoms with van der Waals surface area (Å²) in [7, 11) is 4.87. The summed E-state index contributed by atoms with van der Waals surface area (Å²) in [5.41, 5.74) is 27.7. The molecule has 1 aliphatic rings. The molecule has 12 nitrogen and oxygen atoms in total. The zero-order chi connectivity index (χ0) is 30.8. The van der Waals surface area contributed by atoms with Gasteiger partial charge in [0.1, 0.15) is 17.3 Å². The number of para-hydroxylation sites is 1. The first-order valence-electron chi connectivity index (χ1n) is 13.2. The number of nitrogens with one attached hydrogen (secondary N) is 3. The molecule has 0 unspecified atom stereocenters. The van der Waals surface area contributed by atoms with Crippen LogP contribution >= 0.6 is 0 Å². The van der Waals surface area contributed by atoms with Crippen molar-refractivity contribution in [2.75, 3.05) is 33.1 Å². The Bertz CT molecular complexity index is 1440. The Morgan fingerprint density at radius 1 is 1.19 bits per heavy atom. The van der Waals surface area contributed by atoms with Crippen molar-refractivity contribution in [1.82, 2.24) is 20.5 Å². The van der Waals surface area contributed by atoms with Gasteiger partial charge in [-0.1, -0.05) is 24.8 Å². The number of amides is 2. The Labute approximate surface area is 245 Å². The number of nitrogens with zero attached hydrogens (tertiary/aromatic N) is 2. The molecule has 3 rings (SSSR count). The second-order valence-electron chi connectivity index (χ2n) is 9.64. The number of ether oxygens (including phenoxy) is 1. The molecule has 2 amide bonds. The molecule has 11 N–H and O–H groups in total. The van der Waals surface area contributed by atoms with Gasteiger partial charge in [0.2, 0.25) is 5.91 Å². The third-order valence-electron chi connectivity index (χ3n) is 6.44. The van der Waals surface area contributed by atoms with Gasteiger partial charge in [-0.05, 0) is 43.3 Å². The standard InChI is InChI=1S/C30H39N9O3/c1-18(39(3)17-21(32)7-6-14-31)23-13-12-20(16-36-23)22-8-5-9-24(28(22)42-4)37-25(27(34)30(41)35-2)15-26(33)38-29(40)19-10-11-19/h5-9,12-16,19,37H,1,10-11,17,31-34H2,2-4H3,(H,35,41)(H,38,40)/b14-6-,21-7-,26-15+,27-25+. The summed E-state index contributed by atoms with van der Waals surface area (Å²) in [6.07, 6.45) is 9.57. The molecule has 1 aliphatic carbocycles. The molecule has 1 heterocycles. The normalized spacial score (nSPS) is 14.2. The lowest BCUT2D eigenvalue weighted by Crippen LogP contribution is -2.31. The first-order valence-corrected chi connectivity index (χ1v) is 13.2. The molecule has 222 valence electrons. The molecule has 0 aliphatic heterocycles. The molecule has 2 aromatic rings. The lowest BCUT2D eigenvalue weighted by molar-refractivity contribution is -0.121. The number of hydrogen-bond donors (Lipinski definition) is 7. The largest absolute Gasteiger partial charge is 0.494 e. The number of benzene rings is 1. The van der Waals surface area contributed by atoms with Gasteiger partial charge in [0, 0.05) is 49.1 Å². The predicted octanol–water partition coefficient (Wildman–Crippen LogP) is 1.63. The Hall–Kier alpha value is -5.39. The number of methoxy groups -OCH3 is 1. The minimum atomic E-state index is -0.525. The van der Waals surface area contributed by atoms with Crippen LogP contribution in [0.25, 0.3) is 16.8 Å². The van der Waals surface area contributed by atoms with Crippen LogP contribution in [0.3, 0.4) is 0 Å². The van der Waals surface area contributed by atoms with Crippen molar-refractivity contribution in [2.24, 2.45) is 28.9 Å². The van der Waals surface area contributed by atoms with Crippen molar-refractivity contribution < 1.29 is 14.3 Å². The van der Waals surface area contributed by atoms with Crippen molar-refractivity contribution in [2.45, 2.75) is 12.8 Å². The number of likely N-dealkylation sites (N-methyl/N-ethyl adjacent to an activating group) is 2. The molecule has 0 saturated heterocycles. The van der Waals surface area contributed by atoms with Crippen LogP contribution in [0.2, 0.25) is 0 Å². The smallest absolute Gasteiger partial charge is 0.269 e. The van der Waals surface area contributed by atoms with E-state index in [0.717, 1.165) is 24.0 Å². The second kappa shape index (κ2) is 14.3. The van der Waals surface area contributed by atoms with Crippen molar-refractivity contribution in [3.63, 3.8) is 0 Å². The SMILES string of the molecule is C=C(c1ccc(-c2cccc(NC(/C=C(\N)NC(=O)C3CC3)=C(/N)C(=O)NC)c2OC)cn1)N(C)C/C(N)=C/C=C\N. The van der Waals surface area contributed by atoms with Crippen LogP contribution in [-0.2, 0) is 9.59 Å². The molecule has 1 aromatic carbocycles. The van der Waals surface area contributed by atoms with Crippen molar-refractivity contribution >= 4 is 23.2 Å². The first kappa shape index (κ1) is 31.1. The van der Waals surface area contributed by atoms with Gasteiger partial charge >= 0.3 is 0 Å². The highest BCUT2D eigenvalue weighted by atomic mass is 16.5. The van der Waals surface area contributed by atoms with Crippen LogP contribution in [0.4, 0.5) is 5.69 Å². The monoisotopic (exact) mass is 573 g/mol. The zero-order valence-corrected chi connectivity index (χ0v) is 24.1. The van der Waals surface area contributed by atoms with E-state index in [-0.39, 0.29) is 29.0 Å². The lowest BCUT2D eigenvalue weighted by atomic mass is 10.0. The molecule has 1 saturated carbocycles. The quantitative estimate of drug-likeness (QED) is 0.136. The van der Waals surface area contributed by atoms with E-state index in [4.69, 9.17) is 27.7 Å². The van der Waals surface area contributed by atoms with E-state index in [1.165, 1.54) is 26.4 Å². The second-order valence-corrected chi connectivity index (χ2v) is 9.64. The van der Waals surface area contributed by atoms with Gasteiger partial charge < -0.3 is 48.5 Å². The predicted molar refractivity (Wildman–Crippen MR) is 166 cm³/mol. The summed E-state index contributed by atoms with van der Waals surface area (Å²) in [6.45, 7) is 4.60. The van der Waals surface area contributed by atoms with Crippen LogP contribution in [0, 0.1) is 5.92 Å². The van der Waals surface area contributed by atoms with Gasteiger partial charge in [-0.3, -0.25) is 14.6 Å². The maximum absolute atomic E-state index is 12.4. The number of carbonyl (C=O) groups is 2. The van der Waals surface area contributed by atoms with E-state index in [2.05, 4.69) is 27.5 Å². The minimum absolute atomic E-state index is 0.0447. The maximum atomic E-state index is 12.4. The van der Waals surface area contributed by atoms with E-state index in [1.807, 2.05) is 36.2 Å². The fourth-order valence-corrected chi connectivity index (χ4v) is 3.97. The van der Waals surface area contributed by atoms with Gasteiger partial charge in [-0.25, -0.2) is 0 Å². The van der Waals surface area contributed by atoms with E-state index < -0.39 is 5.91 Å². The summed E-state index contributed by atoms with van der Waals surface area (Å²) in [6, 6.07) is 9.22.